The second kappa shape index (κ2) is 5.40. The highest BCUT2D eigenvalue weighted by Gasteiger charge is 2.37. The molecular formula is C15H13N3O4S. The Hall–Kier alpha value is -2.87. The van der Waals surface area contributed by atoms with Crippen molar-refractivity contribution in [2.24, 2.45) is 0 Å². The van der Waals surface area contributed by atoms with Gasteiger partial charge < -0.3 is 10.4 Å². The van der Waals surface area contributed by atoms with Crippen molar-refractivity contribution in [3.63, 3.8) is 0 Å². The predicted molar refractivity (Wildman–Crippen MR) is 83.8 cm³/mol. The fourth-order valence-corrected chi connectivity index (χ4v) is 3.32. The summed E-state index contributed by atoms with van der Waals surface area (Å²) in [6.07, 6.45) is 1.40. The van der Waals surface area contributed by atoms with Crippen LogP contribution in [-0.4, -0.2) is 35.8 Å². The third-order valence-electron chi connectivity index (χ3n) is 3.17. The number of carbonyl (C=O) groups excluding carboxylic acids is 1. The number of fused-ring (bicyclic) bond motifs is 1. The lowest BCUT2D eigenvalue weighted by Crippen LogP contribution is -2.37. The maximum Gasteiger partial charge on any atom is 0.277 e. The molecule has 1 aromatic carbocycles. The summed E-state index contributed by atoms with van der Waals surface area (Å²) in [5, 5.41) is 12.9. The van der Waals surface area contributed by atoms with Crippen LogP contribution in [0.4, 0.5) is 5.82 Å². The molecule has 1 amide bonds. The number of carbonyl (C=O) groups is 1. The number of anilines is 1. The summed E-state index contributed by atoms with van der Waals surface area (Å²) in [5.74, 6) is -1.77. The molecule has 118 valence electrons. The molecule has 2 N–H and O–H groups in total. The topological polar surface area (TPSA) is 99.6 Å². The summed E-state index contributed by atoms with van der Waals surface area (Å²) in [6, 6.07) is 1.57. The molecule has 1 aliphatic rings. The molecule has 0 atom stereocenters. The first-order chi connectivity index (χ1) is 12.6. The van der Waals surface area contributed by atoms with E-state index in [2.05, 4.69) is 10.3 Å². The van der Waals surface area contributed by atoms with Crippen molar-refractivity contribution in [1.29, 1.82) is 0 Å². The molecule has 0 saturated heterocycles. The molecule has 0 bridgehead atoms. The van der Waals surface area contributed by atoms with E-state index in [1.165, 1.54) is 12.3 Å². The molecule has 7 nitrogen and oxygen atoms in total. The molecule has 0 unspecified atom stereocenters. The Bertz CT molecular complexity index is 1100. The number of benzene rings is 1. The number of rotatable bonds is 2. The van der Waals surface area contributed by atoms with Gasteiger partial charge in [-0.05, 0) is 24.2 Å². The van der Waals surface area contributed by atoms with E-state index in [1.54, 1.807) is 12.1 Å². The van der Waals surface area contributed by atoms with Gasteiger partial charge in [-0.3, -0.25) is 9.10 Å². The summed E-state index contributed by atoms with van der Waals surface area (Å²) in [7, 11) is -3.51. The molecule has 8 heteroatoms. The quantitative estimate of drug-likeness (QED) is 0.868. The molecule has 1 aromatic heterocycles. The number of nitrogens with one attached hydrogen (secondary N) is 1. The van der Waals surface area contributed by atoms with E-state index in [1.807, 2.05) is 0 Å². The van der Waals surface area contributed by atoms with Gasteiger partial charge in [0.2, 0.25) is 0 Å². The van der Waals surface area contributed by atoms with Crippen molar-refractivity contribution < 1.29 is 23.8 Å². The zero-order chi connectivity index (χ0) is 20.1. The van der Waals surface area contributed by atoms with Crippen LogP contribution in [0, 0.1) is 0 Å². The maximum absolute atomic E-state index is 12.8. The molecule has 3 rings (SSSR count). The fourth-order valence-electron chi connectivity index (χ4n) is 2.05. The Morgan fingerprint density at radius 1 is 1.35 bits per heavy atom. The smallest absolute Gasteiger partial charge is 0.277 e. The lowest BCUT2D eigenvalue weighted by molar-refractivity contribution is -0.113. The number of likely N-dealkylation sites (N-methyl/N-ethyl adjacent to an activating group) is 1. The number of hydrogen-bond acceptors (Lipinski definition) is 5. The molecule has 23 heavy (non-hydrogen) atoms. The fraction of sp³-hybridized carbons (Fsp3) is 0.0667. The minimum absolute atomic E-state index is 0.106. The van der Waals surface area contributed by atoms with Gasteiger partial charge in [-0.2, -0.15) is 0 Å². The SMILES string of the molecule is [2H]c1c([2H])c([2H])c2c(c1[2H])C(O)=C(C(=O)Nc1ccccn1)N(C)S2(=O)=O. The number of amides is 1. The Morgan fingerprint density at radius 3 is 2.78 bits per heavy atom. The lowest BCUT2D eigenvalue weighted by atomic mass is 10.1. The van der Waals surface area contributed by atoms with Crippen molar-refractivity contribution in [2.75, 3.05) is 12.4 Å². The number of aromatic nitrogens is 1. The number of aliphatic hydroxyl groups excluding tert-OH is 1. The van der Waals surface area contributed by atoms with Crippen LogP contribution in [0.3, 0.4) is 0 Å². The van der Waals surface area contributed by atoms with Gasteiger partial charge in [-0.25, -0.2) is 13.4 Å². The third kappa shape index (κ3) is 2.42. The largest absolute Gasteiger partial charge is 0.505 e. The van der Waals surface area contributed by atoms with Crippen molar-refractivity contribution >= 4 is 27.5 Å². The summed E-state index contributed by atoms with van der Waals surface area (Å²) in [5.41, 5.74) is -1.33. The highest BCUT2D eigenvalue weighted by molar-refractivity contribution is 7.89. The monoisotopic (exact) mass is 335 g/mol. The summed E-state index contributed by atoms with van der Waals surface area (Å²) in [4.78, 5) is 15.7. The van der Waals surface area contributed by atoms with Crippen LogP contribution >= 0.6 is 0 Å². The Balaban J connectivity index is 2.27. The highest BCUT2D eigenvalue weighted by atomic mass is 32.2. The molecule has 0 radical (unpaired) electrons. The Kier molecular flexibility index (Phi) is 2.53. The first-order valence-electron chi connectivity index (χ1n) is 8.34. The normalized spacial score (nSPS) is 18.4. The van der Waals surface area contributed by atoms with Crippen molar-refractivity contribution in [3.05, 3.63) is 59.8 Å². The second-order valence-corrected chi connectivity index (χ2v) is 6.45. The zero-order valence-electron chi connectivity index (χ0n) is 15.8. The van der Waals surface area contributed by atoms with Crippen molar-refractivity contribution in [2.45, 2.75) is 4.90 Å². The van der Waals surface area contributed by atoms with Crippen LogP contribution < -0.4 is 5.32 Å². The van der Waals surface area contributed by atoms with Gasteiger partial charge in [0.15, 0.2) is 11.5 Å². The van der Waals surface area contributed by atoms with Crippen molar-refractivity contribution in [3.8, 4) is 0 Å². The number of hydrogen-bond donors (Lipinski definition) is 2. The molecule has 0 spiro atoms. The minimum atomic E-state index is -4.51. The molecular weight excluding hydrogens is 318 g/mol. The lowest BCUT2D eigenvalue weighted by Gasteiger charge is -2.28. The first kappa shape index (κ1) is 10.8. The maximum atomic E-state index is 12.8. The standard InChI is InChI=1S/C15H13N3O4S/c1-18-13(15(20)17-12-8-4-5-9-16-12)14(19)10-6-2-3-7-11(10)23(18,21)22/h2-9,19H,1H3,(H,16,17,20)/i2D,3D,6D,7D. The van der Waals surface area contributed by atoms with Gasteiger partial charge in [-0.1, -0.05) is 18.2 Å². The van der Waals surface area contributed by atoms with E-state index >= 15 is 0 Å². The molecule has 2 aromatic rings. The molecule has 2 heterocycles. The van der Waals surface area contributed by atoms with Gasteiger partial charge >= 0.3 is 0 Å². The van der Waals surface area contributed by atoms with Gasteiger partial charge in [-0.15, -0.1) is 0 Å². The molecule has 0 aliphatic carbocycles. The van der Waals surface area contributed by atoms with Crippen molar-refractivity contribution in [1.82, 2.24) is 9.29 Å². The van der Waals surface area contributed by atoms with Crippen LogP contribution in [0.5, 0.6) is 0 Å². The zero-order valence-corrected chi connectivity index (χ0v) is 12.6. The van der Waals surface area contributed by atoms with Crippen LogP contribution in [0.1, 0.15) is 11.0 Å². The van der Waals surface area contributed by atoms with Gasteiger partial charge in [0.05, 0.1) is 10.4 Å². The number of aliphatic hydroxyl groups is 1. The Labute approximate surface area is 138 Å². The summed E-state index contributed by atoms with van der Waals surface area (Å²) >= 11 is 0. The molecule has 0 fully saturated rings. The number of sulfonamides is 1. The highest BCUT2D eigenvalue weighted by Crippen LogP contribution is 2.34. The average molecular weight is 335 g/mol. The molecule has 1 aliphatic heterocycles. The number of nitrogens with zero attached hydrogens (tertiary/aromatic N) is 2. The van der Waals surface area contributed by atoms with E-state index in [0.717, 1.165) is 7.05 Å². The van der Waals surface area contributed by atoms with E-state index in [0.29, 0.717) is 4.31 Å². The predicted octanol–water partition coefficient (Wildman–Crippen LogP) is 1.58. The second-order valence-electron chi connectivity index (χ2n) is 4.54. The summed E-state index contributed by atoms with van der Waals surface area (Å²) < 4.78 is 57.2. The Morgan fingerprint density at radius 2 is 2.09 bits per heavy atom. The van der Waals surface area contributed by atoms with Gasteiger partial charge in [0.25, 0.3) is 15.9 Å². The van der Waals surface area contributed by atoms with E-state index < -0.39 is 62.0 Å². The first-order valence-corrected chi connectivity index (χ1v) is 7.78. The number of pyridine rings is 1. The minimum Gasteiger partial charge on any atom is -0.505 e. The van der Waals surface area contributed by atoms with Gasteiger partial charge in [0.1, 0.15) is 5.82 Å². The molecule has 0 saturated carbocycles. The van der Waals surface area contributed by atoms with Crippen LogP contribution in [0.25, 0.3) is 5.76 Å². The van der Waals surface area contributed by atoms with Crippen LogP contribution in [-0.2, 0) is 14.8 Å². The average Bonchev–Trinajstić information content (AvgIpc) is 2.62. The summed E-state index contributed by atoms with van der Waals surface area (Å²) in [6.45, 7) is 0. The van der Waals surface area contributed by atoms with Crippen LogP contribution in [0.15, 0.2) is 59.2 Å². The van der Waals surface area contributed by atoms with E-state index in [4.69, 9.17) is 5.48 Å². The van der Waals surface area contributed by atoms with E-state index in [-0.39, 0.29) is 5.82 Å². The van der Waals surface area contributed by atoms with Crippen LogP contribution in [0.2, 0.25) is 0 Å². The van der Waals surface area contributed by atoms with E-state index in [9.17, 15) is 18.3 Å². The third-order valence-corrected chi connectivity index (χ3v) is 4.89. The van der Waals surface area contributed by atoms with Gasteiger partial charge in [0, 0.05) is 18.8 Å².